The minimum Gasteiger partial charge on any atom is -0.395 e. The summed E-state index contributed by atoms with van der Waals surface area (Å²) in [6, 6.07) is 9.80. The van der Waals surface area contributed by atoms with Gasteiger partial charge in [0.1, 0.15) is 0 Å². The number of hydrogen-bond donors (Lipinski definition) is 2. The molecule has 3 N–H and O–H groups in total. The maximum absolute atomic E-state index is 8.67. The van der Waals surface area contributed by atoms with Crippen molar-refractivity contribution in [3.63, 3.8) is 0 Å². The van der Waals surface area contributed by atoms with Gasteiger partial charge in [0.25, 0.3) is 0 Å². The Balaban J connectivity index is 0.000000500. The number of rotatable bonds is 3. The maximum Gasteiger partial charge on any atom is 0.0585 e. The van der Waals surface area contributed by atoms with Gasteiger partial charge in [-0.3, -0.25) is 0 Å². The van der Waals surface area contributed by atoms with E-state index in [0.29, 0.717) is 0 Å². The van der Waals surface area contributed by atoms with Gasteiger partial charge in [-0.1, -0.05) is 30.3 Å². The van der Waals surface area contributed by atoms with Gasteiger partial charge in [-0.2, -0.15) is 0 Å². The van der Waals surface area contributed by atoms with Crippen molar-refractivity contribution < 1.29 is 9.84 Å². The summed E-state index contributed by atoms with van der Waals surface area (Å²) in [4.78, 5) is 0. The molecule has 0 amide bonds. The molecule has 0 aliphatic heterocycles. The Kier molecular flexibility index (Phi) is 8.13. The molecule has 0 saturated heterocycles. The summed E-state index contributed by atoms with van der Waals surface area (Å²) in [7, 11) is 3.25. The number of benzene rings is 1. The topological polar surface area (TPSA) is 55.5 Å². The lowest BCUT2D eigenvalue weighted by atomic mass is 10.1. The van der Waals surface area contributed by atoms with E-state index in [1.807, 2.05) is 30.3 Å². The van der Waals surface area contributed by atoms with Crippen LogP contribution in [0.2, 0.25) is 0 Å². The number of ether oxygens (including phenoxy) is 1. The summed E-state index contributed by atoms with van der Waals surface area (Å²) in [5.74, 6) is 0. The third-order valence-electron chi connectivity index (χ3n) is 1.58. The fourth-order valence-electron chi connectivity index (χ4n) is 0.981. The first-order chi connectivity index (χ1) is 6.74. The molecule has 3 nitrogen and oxygen atoms in total. The van der Waals surface area contributed by atoms with Crippen molar-refractivity contribution in [2.75, 3.05) is 20.8 Å². The Bertz CT molecular complexity index is 214. The normalized spacial score (nSPS) is 11.4. The second-order valence-corrected chi connectivity index (χ2v) is 3.04. The first kappa shape index (κ1) is 13.1. The van der Waals surface area contributed by atoms with Crippen molar-refractivity contribution in [2.24, 2.45) is 5.73 Å². The Morgan fingerprint density at radius 1 is 1.29 bits per heavy atom. The highest BCUT2D eigenvalue weighted by molar-refractivity contribution is 5.15. The van der Waals surface area contributed by atoms with E-state index in [0.717, 1.165) is 6.42 Å². The van der Waals surface area contributed by atoms with Crippen LogP contribution in [0.1, 0.15) is 5.56 Å². The Hall–Kier alpha value is -0.900. The quantitative estimate of drug-likeness (QED) is 0.754. The van der Waals surface area contributed by atoms with Crippen molar-refractivity contribution in [3.05, 3.63) is 35.9 Å². The summed E-state index contributed by atoms with van der Waals surface area (Å²) >= 11 is 0. The largest absolute Gasteiger partial charge is 0.395 e. The molecule has 0 aliphatic carbocycles. The molecule has 80 valence electrons. The molecule has 3 heteroatoms. The highest BCUT2D eigenvalue weighted by atomic mass is 16.4. The van der Waals surface area contributed by atoms with Gasteiger partial charge in [-0.05, 0) is 12.0 Å². The van der Waals surface area contributed by atoms with Crippen molar-refractivity contribution >= 4 is 0 Å². The monoisotopic (exact) mass is 197 g/mol. The zero-order valence-corrected chi connectivity index (χ0v) is 8.81. The van der Waals surface area contributed by atoms with Gasteiger partial charge >= 0.3 is 0 Å². The Morgan fingerprint density at radius 3 is 2.21 bits per heavy atom. The summed E-state index contributed by atoms with van der Waals surface area (Å²) in [6.45, 7) is 0.0505. The zero-order valence-electron chi connectivity index (χ0n) is 8.81. The molecule has 0 fully saturated rings. The fraction of sp³-hybridized carbons (Fsp3) is 0.455. The lowest BCUT2D eigenvalue weighted by molar-refractivity contribution is 0.265. The van der Waals surface area contributed by atoms with Crippen LogP contribution >= 0.6 is 0 Å². The third-order valence-corrected chi connectivity index (χ3v) is 1.58. The molecule has 1 atom stereocenters. The Morgan fingerprint density at radius 2 is 1.79 bits per heavy atom. The van der Waals surface area contributed by atoms with Crippen LogP contribution in [-0.4, -0.2) is 32.0 Å². The van der Waals surface area contributed by atoms with Crippen LogP contribution in [0, 0.1) is 0 Å². The highest BCUT2D eigenvalue weighted by Gasteiger charge is 1.99. The maximum atomic E-state index is 8.67. The number of nitrogens with two attached hydrogens (primary N) is 1. The van der Waals surface area contributed by atoms with E-state index < -0.39 is 0 Å². The predicted octanol–water partition coefficient (Wildman–Crippen LogP) is 0.811. The van der Waals surface area contributed by atoms with Gasteiger partial charge in [-0.25, -0.2) is 0 Å². The lowest BCUT2D eigenvalue weighted by Gasteiger charge is -2.06. The summed E-state index contributed by atoms with van der Waals surface area (Å²) in [5.41, 5.74) is 6.73. The van der Waals surface area contributed by atoms with Crippen LogP contribution in [-0.2, 0) is 11.2 Å². The highest BCUT2D eigenvalue weighted by Crippen LogP contribution is 2.00. The fourth-order valence-corrected chi connectivity index (χ4v) is 0.981. The van der Waals surface area contributed by atoms with Crippen LogP contribution in [0.4, 0.5) is 0 Å². The van der Waals surface area contributed by atoms with Crippen molar-refractivity contribution in [2.45, 2.75) is 12.5 Å². The van der Waals surface area contributed by atoms with Crippen LogP contribution in [0.25, 0.3) is 0 Å². The SMILES string of the molecule is COC.N[C@H](CO)Cc1ccccc1. The number of methoxy groups -OCH3 is 1. The van der Waals surface area contributed by atoms with E-state index in [-0.39, 0.29) is 12.6 Å². The van der Waals surface area contributed by atoms with Crippen molar-refractivity contribution in [1.82, 2.24) is 0 Å². The van der Waals surface area contributed by atoms with Gasteiger partial charge in [0.05, 0.1) is 6.61 Å². The average Bonchev–Trinajstić information content (AvgIpc) is 2.20. The van der Waals surface area contributed by atoms with Gasteiger partial charge in [0.15, 0.2) is 0 Å². The molecule has 0 radical (unpaired) electrons. The molecule has 0 unspecified atom stereocenters. The minimum absolute atomic E-state index is 0.0505. The molecule has 14 heavy (non-hydrogen) atoms. The summed E-state index contributed by atoms with van der Waals surface area (Å²) < 4.78 is 4.25. The average molecular weight is 197 g/mol. The summed E-state index contributed by atoms with van der Waals surface area (Å²) in [5, 5.41) is 8.67. The van der Waals surface area contributed by atoms with E-state index in [1.165, 1.54) is 5.56 Å². The first-order valence-corrected chi connectivity index (χ1v) is 4.55. The lowest BCUT2D eigenvalue weighted by Crippen LogP contribution is -2.26. The molecule has 1 aromatic carbocycles. The molecule has 0 spiro atoms. The van der Waals surface area contributed by atoms with Crippen LogP contribution in [0.3, 0.4) is 0 Å². The van der Waals surface area contributed by atoms with Crippen molar-refractivity contribution in [3.8, 4) is 0 Å². The smallest absolute Gasteiger partial charge is 0.0585 e. The second kappa shape index (κ2) is 8.69. The summed E-state index contributed by atoms with van der Waals surface area (Å²) in [6.07, 6.45) is 0.747. The van der Waals surface area contributed by atoms with Gasteiger partial charge < -0.3 is 15.6 Å². The van der Waals surface area contributed by atoms with Crippen molar-refractivity contribution in [1.29, 1.82) is 0 Å². The molecule has 1 aromatic rings. The first-order valence-electron chi connectivity index (χ1n) is 4.55. The molecule has 0 aliphatic rings. The molecule has 0 heterocycles. The second-order valence-electron chi connectivity index (χ2n) is 3.04. The van der Waals surface area contributed by atoms with E-state index in [2.05, 4.69) is 4.74 Å². The standard InChI is InChI=1S/C9H13NO.C2H6O/c10-9(7-11)6-8-4-2-1-3-5-8;1-3-2/h1-5,9,11H,6-7,10H2;1-2H3/t9-;/m0./s1. The van der Waals surface area contributed by atoms with Gasteiger partial charge in [0.2, 0.25) is 0 Å². The minimum atomic E-state index is -0.127. The molecular weight excluding hydrogens is 178 g/mol. The predicted molar refractivity (Wildman–Crippen MR) is 58.1 cm³/mol. The molecule has 1 rings (SSSR count). The van der Waals surface area contributed by atoms with E-state index in [4.69, 9.17) is 10.8 Å². The number of aliphatic hydroxyl groups excluding tert-OH is 1. The molecule has 0 bridgehead atoms. The van der Waals surface area contributed by atoms with E-state index in [9.17, 15) is 0 Å². The molecule has 0 aromatic heterocycles. The third kappa shape index (κ3) is 6.60. The van der Waals surface area contributed by atoms with Gasteiger partial charge in [0, 0.05) is 20.3 Å². The van der Waals surface area contributed by atoms with Crippen LogP contribution in [0.15, 0.2) is 30.3 Å². The van der Waals surface area contributed by atoms with Crippen LogP contribution < -0.4 is 5.73 Å². The molecular formula is C11H19NO2. The van der Waals surface area contributed by atoms with E-state index >= 15 is 0 Å². The number of aliphatic hydroxyl groups is 1. The van der Waals surface area contributed by atoms with Gasteiger partial charge in [-0.15, -0.1) is 0 Å². The van der Waals surface area contributed by atoms with Crippen LogP contribution in [0.5, 0.6) is 0 Å². The number of hydrogen-bond acceptors (Lipinski definition) is 3. The zero-order chi connectivity index (χ0) is 10.8. The van der Waals surface area contributed by atoms with E-state index in [1.54, 1.807) is 14.2 Å². The molecule has 0 saturated carbocycles. The Labute approximate surface area is 85.5 Å².